The van der Waals surface area contributed by atoms with Crippen LogP contribution >= 0.6 is 0 Å². The van der Waals surface area contributed by atoms with Gasteiger partial charge in [0, 0.05) is 12.5 Å². The number of nitrogens with two attached hydrogens (primary N) is 1. The van der Waals surface area contributed by atoms with Crippen LogP contribution in [0, 0.1) is 11.6 Å². The number of primary amides is 1. The van der Waals surface area contributed by atoms with Crippen molar-refractivity contribution in [1.82, 2.24) is 0 Å². The third-order valence-electron chi connectivity index (χ3n) is 4.22. The van der Waals surface area contributed by atoms with Gasteiger partial charge in [-0.05, 0) is 32.0 Å². The average molecular weight is 392 g/mol. The highest BCUT2D eigenvalue weighted by Crippen LogP contribution is 2.32. The summed E-state index contributed by atoms with van der Waals surface area (Å²) in [7, 11) is 0. The van der Waals surface area contributed by atoms with Gasteiger partial charge in [-0.2, -0.15) is 0 Å². The van der Waals surface area contributed by atoms with E-state index >= 15 is 0 Å². The summed E-state index contributed by atoms with van der Waals surface area (Å²) < 4.78 is 44.8. The summed E-state index contributed by atoms with van der Waals surface area (Å²) in [5.74, 6) is -2.70. The number of carbonyl (C=O) groups excluding carboxylic acids is 1. The van der Waals surface area contributed by atoms with Crippen LogP contribution in [0.25, 0.3) is 0 Å². The third kappa shape index (κ3) is 4.76. The fraction of sp³-hybridized carbons (Fsp3) is 0.350. The van der Waals surface area contributed by atoms with Crippen molar-refractivity contribution < 1.29 is 27.8 Å². The van der Waals surface area contributed by atoms with Crippen molar-refractivity contribution in [2.45, 2.75) is 32.2 Å². The second-order valence-corrected chi connectivity index (χ2v) is 6.88. The van der Waals surface area contributed by atoms with Gasteiger partial charge in [-0.15, -0.1) is 0 Å². The Balaban J connectivity index is 1.78. The van der Waals surface area contributed by atoms with Gasteiger partial charge >= 0.3 is 0 Å². The predicted molar refractivity (Wildman–Crippen MR) is 99.6 cm³/mol. The molecule has 28 heavy (non-hydrogen) atoms. The quantitative estimate of drug-likeness (QED) is 0.750. The van der Waals surface area contributed by atoms with E-state index in [0.29, 0.717) is 13.0 Å². The second kappa shape index (κ2) is 8.12. The van der Waals surface area contributed by atoms with E-state index in [9.17, 15) is 13.6 Å². The van der Waals surface area contributed by atoms with Crippen LogP contribution in [-0.2, 0) is 9.47 Å². The summed E-state index contributed by atoms with van der Waals surface area (Å²) in [5.41, 5.74) is 5.51. The molecule has 0 radical (unpaired) electrons. The molecule has 1 fully saturated rings. The van der Waals surface area contributed by atoms with E-state index in [0.717, 1.165) is 12.1 Å². The van der Waals surface area contributed by atoms with Crippen LogP contribution < -0.4 is 15.8 Å². The molecule has 1 aliphatic rings. The molecule has 8 heteroatoms. The maximum absolute atomic E-state index is 14.1. The van der Waals surface area contributed by atoms with Crippen LogP contribution in [0.2, 0.25) is 0 Å². The summed E-state index contributed by atoms with van der Waals surface area (Å²) >= 11 is 0. The highest BCUT2D eigenvalue weighted by atomic mass is 19.1. The minimum atomic E-state index is -0.824. The Morgan fingerprint density at radius 3 is 2.68 bits per heavy atom. The first-order chi connectivity index (χ1) is 13.2. The molecule has 0 saturated carbocycles. The SMILES string of the molecule is CC1(C)OC[C@@H](CCOc2cc(F)cc(Nc3ccccc3F)c2C(N)=O)O1. The topological polar surface area (TPSA) is 82.8 Å². The Labute approximate surface area is 161 Å². The summed E-state index contributed by atoms with van der Waals surface area (Å²) in [6.07, 6.45) is 0.311. The van der Waals surface area contributed by atoms with Crippen LogP contribution in [-0.4, -0.2) is 31.0 Å². The molecule has 1 saturated heterocycles. The maximum atomic E-state index is 14.1. The van der Waals surface area contributed by atoms with Crippen LogP contribution in [0.5, 0.6) is 5.75 Å². The Hall–Kier alpha value is -2.71. The molecule has 1 aliphatic heterocycles. The average Bonchev–Trinajstić information content (AvgIpc) is 2.95. The summed E-state index contributed by atoms with van der Waals surface area (Å²) in [4.78, 5) is 12.0. The van der Waals surface area contributed by atoms with Crippen molar-refractivity contribution in [1.29, 1.82) is 0 Å². The van der Waals surface area contributed by atoms with Crippen molar-refractivity contribution in [2.24, 2.45) is 5.73 Å². The third-order valence-corrected chi connectivity index (χ3v) is 4.22. The van der Waals surface area contributed by atoms with Gasteiger partial charge in [0.2, 0.25) is 0 Å². The number of rotatable bonds is 7. The number of ether oxygens (including phenoxy) is 3. The molecule has 150 valence electrons. The lowest BCUT2D eigenvalue weighted by atomic mass is 10.1. The fourth-order valence-corrected chi connectivity index (χ4v) is 2.96. The molecule has 3 N–H and O–H groups in total. The fourth-order valence-electron chi connectivity index (χ4n) is 2.96. The minimum absolute atomic E-state index is 0.0224. The van der Waals surface area contributed by atoms with Crippen molar-refractivity contribution in [3.05, 3.63) is 53.6 Å². The highest BCUT2D eigenvalue weighted by molar-refractivity contribution is 6.02. The molecular weight excluding hydrogens is 370 g/mol. The number of hydrogen-bond acceptors (Lipinski definition) is 5. The largest absolute Gasteiger partial charge is 0.492 e. The van der Waals surface area contributed by atoms with Crippen LogP contribution in [0.15, 0.2) is 36.4 Å². The lowest BCUT2D eigenvalue weighted by Gasteiger charge is -2.18. The first kappa shape index (κ1) is 20.0. The summed E-state index contributed by atoms with van der Waals surface area (Å²) in [6.45, 7) is 4.20. The molecule has 2 aromatic rings. The number of hydrogen-bond donors (Lipinski definition) is 2. The first-order valence-electron chi connectivity index (χ1n) is 8.84. The molecule has 0 aliphatic carbocycles. The number of halogens is 2. The molecule has 1 heterocycles. The second-order valence-electron chi connectivity index (χ2n) is 6.88. The van der Waals surface area contributed by atoms with Crippen molar-refractivity contribution in [3.63, 3.8) is 0 Å². The Bertz CT molecular complexity index is 873. The molecule has 0 unspecified atom stereocenters. The maximum Gasteiger partial charge on any atom is 0.254 e. The number of benzene rings is 2. The van der Waals surface area contributed by atoms with Crippen molar-refractivity contribution >= 4 is 17.3 Å². The van der Waals surface area contributed by atoms with E-state index < -0.39 is 23.3 Å². The number of nitrogens with one attached hydrogen (secondary N) is 1. The van der Waals surface area contributed by atoms with Gasteiger partial charge in [0.05, 0.1) is 30.7 Å². The number of carbonyl (C=O) groups is 1. The van der Waals surface area contributed by atoms with Gasteiger partial charge in [-0.3, -0.25) is 4.79 Å². The molecular formula is C20H22F2N2O4. The first-order valence-corrected chi connectivity index (χ1v) is 8.84. The van der Waals surface area contributed by atoms with E-state index in [2.05, 4.69) is 5.32 Å². The lowest BCUT2D eigenvalue weighted by molar-refractivity contribution is -0.139. The molecule has 0 spiro atoms. The smallest absolute Gasteiger partial charge is 0.254 e. The van der Waals surface area contributed by atoms with E-state index in [1.54, 1.807) is 6.07 Å². The van der Waals surface area contributed by atoms with Gasteiger partial charge in [0.15, 0.2) is 5.79 Å². The molecule has 3 rings (SSSR count). The Morgan fingerprint density at radius 1 is 1.29 bits per heavy atom. The van der Waals surface area contributed by atoms with Gasteiger partial charge in [-0.1, -0.05) is 12.1 Å². The molecule has 1 amide bonds. The zero-order valence-corrected chi connectivity index (χ0v) is 15.6. The predicted octanol–water partition coefficient (Wildman–Crippen LogP) is 3.73. The summed E-state index contributed by atoms with van der Waals surface area (Å²) in [6, 6.07) is 7.97. The Morgan fingerprint density at radius 2 is 2.04 bits per heavy atom. The van der Waals surface area contributed by atoms with Gasteiger partial charge < -0.3 is 25.3 Å². The molecule has 0 aromatic heterocycles. The molecule has 1 atom stereocenters. The van der Waals surface area contributed by atoms with Crippen LogP contribution in [0.3, 0.4) is 0 Å². The number of amides is 1. The monoisotopic (exact) mass is 392 g/mol. The van der Waals surface area contributed by atoms with Crippen molar-refractivity contribution in [3.8, 4) is 5.75 Å². The highest BCUT2D eigenvalue weighted by Gasteiger charge is 2.32. The molecule has 2 aromatic carbocycles. The van der Waals surface area contributed by atoms with E-state index in [1.807, 2.05) is 13.8 Å². The zero-order chi connectivity index (χ0) is 20.3. The van der Waals surface area contributed by atoms with E-state index in [1.165, 1.54) is 18.2 Å². The normalized spacial score (nSPS) is 18.1. The Kier molecular flexibility index (Phi) is 5.81. The molecule has 6 nitrogen and oxygen atoms in total. The van der Waals surface area contributed by atoms with Crippen LogP contribution in [0.1, 0.15) is 30.6 Å². The van der Waals surface area contributed by atoms with Gasteiger partial charge in [0.25, 0.3) is 5.91 Å². The summed E-state index contributed by atoms with van der Waals surface area (Å²) in [5, 5.41) is 2.71. The van der Waals surface area contributed by atoms with Crippen LogP contribution in [0.4, 0.5) is 20.2 Å². The number of anilines is 2. The number of para-hydroxylation sites is 1. The zero-order valence-electron chi connectivity index (χ0n) is 15.6. The lowest BCUT2D eigenvalue weighted by Crippen LogP contribution is -2.22. The van der Waals surface area contributed by atoms with Gasteiger partial charge in [0.1, 0.15) is 22.9 Å². The van der Waals surface area contributed by atoms with E-state index in [-0.39, 0.29) is 35.4 Å². The standard InChI is InChI=1S/C20H22F2N2O4/c1-20(2)27-11-13(28-20)7-8-26-17-10-12(21)9-16(18(17)19(23)25)24-15-6-4-3-5-14(15)22/h3-6,9-10,13,24H,7-8,11H2,1-2H3,(H2,23,25)/t13-/m1/s1. The van der Waals surface area contributed by atoms with E-state index in [4.69, 9.17) is 19.9 Å². The van der Waals surface area contributed by atoms with Gasteiger partial charge in [-0.25, -0.2) is 8.78 Å². The molecule has 0 bridgehead atoms. The minimum Gasteiger partial charge on any atom is -0.492 e. The van der Waals surface area contributed by atoms with Crippen molar-refractivity contribution in [2.75, 3.05) is 18.5 Å².